The highest BCUT2D eigenvalue weighted by atomic mass is 32.1. The lowest BCUT2D eigenvalue weighted by Crippen LogP contribution is -2.24. The van der Waals surface area contributed by atoms with Crippen LogP contribution in [-0.2, 0) is 17.8 Å². The van der Waals surface area contributed by atoms with Crippen molar-refractivity contribution in [3.63, 3.8) is 0 Å². The largest absolute Gasteiger partial charge is 0.434 e. The molecule has 2 heterocycles. The highest BCUT2D eigenvalue weighted by Gasteiger charge is 2.13. The van der Waals surface area contributed by atoms with Crippen LogP contribution in [0, 0.1) is 13.8 Å². The number of nitrogens with zero attached hydrogens (tertiary/aromatic N) is 1. The summed E-state index contributed by atoms with van der Waals surface area (Å²) in [4.78, 5) is 33.2. The maximum atomic E-state index is 12.4. The second-order valence-electron chi connectivity index (χ2n) is 6.24. The maximum absolute atomic E-state index is 12.4. The summed E-state index contributed by atoms with van der Waals surface area (Å²) in [5.41, 5.74) is 1.16. The molecule has 3 aromatic rings. The first-order valence-electron chi connectivity index (χ1n) is 8.63. The molecule has 9 heteroatoms. The van der Waals surface area contributed by atoms with E-state index < -0.39 is 6.61 Å². The number of para-hydroxylation sites is 1. The number of amides is 1. The average Bonchev–Trinajstić information content (AvgIpc) is 2.93. The van der Waals surface area contributed by atoms with Crippen molar-refractivity contribution >= 4 is 27.5 Å². The Morgan fingerprint density at radius 1 is 1.32 bits per heavy atom. The van der Waals surface area contributed by atoms with E-state index in [9.17, 15) is 18.4 Å². The number of H-pyrrole nitrogens is 1. The van der Waals surface area contributed by atoms with Crippen molar-refractivity contribution in [3.8, 4) is 5.75 Å². The molecule has 28 heavy (non-hydrogen) atoms. The molecule has 148 valence electrons. The quantitative estimate of drug-likeness (QED) is 0.628. The molecular formula is C19H19F2N3O3S. The zero-order chi connectivity index (χ0) is 20.3. The van der Waals surface area contributed by atoms with E-state index >= 15 is 0 Å². The van der Waals surface area contributed by atoms with E-state index in [0.29, 0.717) is 21.6 Å². The number of halogens is 2. The van der Waals surface area contributed by atoms with Gasteiger partial charge in [-0.25, -0.2) is 4.98 Å². The first kappa shape index (κ1) is 19.9. The van der Waals surface area contributed by atoms with Crippen molar-refractivity contribution in [2.75, 3.05) is 0 Å². The van der Waals surface area contributed by atoms with Gasteiger partial charge < -0.3 is 15.0 Å². The number of carbonyl (C=O) groups is 1. The van der Waals surface area contributed by atoms with Crippen LogP contribution in [0.3, 0.4) is 0 Å². The molecule has 0 aliphatic carbocycles. The van der Waals surface area contributed by atoms with E-state index in [4.69, 9.17) is 0 Å². The van der Waals surface area contributed by atoms with Crippen molar-refractivity contribution in [2.24, 2.45) is 0 Å². The lowest BCUT2D eigenvalue weighted by molar-refractivity contribution is -0.121. The number of ether oxygens (including phenoxy) is 1. The van der Waals surface area contributed by atoms with Gasteiger partial charge in [-0.15, -0.1) is 11.3 Å². The van der Waals surface area contributed by atoms with E-state index in [1.54, 1.807) is 18.2 Å². The summed E-state index contributed by atoms with van der Waals surface area (Å²) in [6.07, 6.45) is 0.373. The lowest BCUT2D eigenvalue weighted by atomic mass is 10.2. The summed E-state index contributed by atoms with van der Waals surface area (Å²) in [5, 5.41) is 3.26. The number of nitrogens with one attached hydrogen (secondary N) is 2. The molecule has 2 N–H and O–H groups in total. The summed E-state index contributed by atoms with van der Waals surface area (Å²) in [6.45, 7) is 0.949. The Morgan fingerprint density at radius 3 is 2.82 bits per heavy atom. The Labute approximate surface area is 163 Å². The van der Waals surface area contributed by atoms with Gasteiger partial charge in [0.2, 0.25) is 5.91 Å². The Hall–Kier alpha value is -2.81. The van der Waals surface area contributed by atoms with Gasteiger partial charge in [0.25, 0.3) is 5.56 Å². The highest BCUT2D eigenvalue weighted by molar-refractivity contribution is 7.18. The number of carbonyl (C=O) groups excluding carboxylic acids is 1. The van der Waals surface area contributed by atoms with Gasteiger partial charge in [-0.05, 0) is 25.5 Å². The molecule has 0 spiro atoms. The van der Waals surface area contributed by atoms with Crippen LogP contribution in [0.5, 0.6) is 5.75 Å². The molecule has 1 aromatic carbocycles. The third-order valence-corrected chi connectivity index (χ3v) is 5.44. The second kappa shape index (κ2) is 8.47. The topological polar surface area (TPSA) is 84.1 Å². The van der Waals surface area contributed by atoms with Crippen LogP contribution in [0.25, 0.3) is 10.2 Å². The Kier molecular flexibility index (Phi) is 6.03. The third kappa shape index (κ3) is 4.53. The maximum Gasteiger partial charge on any atom is 0.387 e. The van der Waals surface area contributed by atoms with Crippen LogP contribution in [0.1, 0.15) is 28.2 Å². The van der Waals surface area contributed by atoms with Gasteiger partial charge >= 0.3 is 6.61 Å². The first-order chi connectivity index (χ1) is 13.3. The fourth-order valence-corrected chi connectivity index (χ4v) is 3.84. The van der Waals surface area contributed by atoms with Gasteiger partial charge in [-0.2, -0.15) is 8.78 Å². The van der Waals surface area contributed by atoms with Crippen molar-refractivity contribution in [2.45, 2.75) is 39.8 Å². The summed E-state index contributed by atoms with van der Waals surface area (Å²) < 4.78 is 29.3. The zero-order valence-corrected chi connectivity index (χ0v) is 16.2. The van der Waals surface area contributed by atoms with Crippen LogP contribution < -0.4 is 15.6 Å². The minimum absolute atomic E-state index is 0.0256. The molecule has 0 saturated heterocycles. The number of aryl methyl sites for hydroxylation is 3. The number of benzene rings is 1. The number of hydrogen-bond donors (Lipinski definition) is 2. The number of fused-ring (bicyclic) bond motifs is 1. The van der Waals surface area contributed by atoms with Gasteiger partial charge in [-0.1, -0.05) is 18.2 Å². The average molecular weight is 407 g/mol. The molecule has 0 fully saturated rings. The standard InChI is InChI=1S/C19H19F2N3O3S/c1-10-11(2)28-18-16(10)17(26)23-14(24-18)7-8-15(25)22-9-12-5-3-4-6-13(12)27-19(20)21/h3-6,19H,7-9H2,1-2H3,(H,22,25)(H,23,24,26). The summed E-state index contributed by atoms with van der Waals surface area (Å²) in [5.74, 6) is 0.182. The molecule has 3 rings (SSSR count). The molecular weight excluding hydrogens is 388 g/mol. The second-order valence-corrected chi connectivity index (χ2v) is 7.44. The monoisotopic (exact) mass is 407 g/mol. The molecule has 0 aliphatic rings. The minimum Gasteiger partial charge on any atom is -0.434 e. The van der Waals surface area contributed by atoms with E-state index in [0.717, 1.165) is 10.4 Å². The van der Waals surface area contributed by atoms with Crippen LogP contribution >= 0.6 is 11.3 Å². The molecule has 0 aliphatic heterocycles. The molecule has 0 saturated carbocycles. The van der Waals surface area contributed by atoms with Gasteiger partial charge in [0.1, 0.15) is 16.4 Å². The Morgan fingerprint density at radius 2 is 2.07 bits per heavy atom. The van der Waals surface area contributed by atoms with Gasteiger partial charge in [0, 0.05) is 29.8 Å². The van der Waals surface area contributed by atoms with Crippen molar-refractivity contribution in [3.05, 3.63) is 56.4 Å². The molecule has 0 radical (unpaired) electrons. The number of aromatic nitrogens is 2. The molecule has 0 unspecified atom stereocenters. The van der Waals surface area contributed by atoms with Gasteiger partial charge in [0.15, 0.2) is 0 Å². The fourth-order valence-electron chi connectivity index (χ4n) is 2.79. The minimum atomic E-state index is -2.93. The van der Waals surface area contributed by atoms with Crippen molar-refractivity contribution in [1.82, 2.24) is 15.3 Å². The molecule has 0 atom stereocenters. The predicted molar refractivity (Wildman–Crippen MR) is 103 cm³/mol. The summed E-state index contributed by atoms with van der Waals surface area (Å²) in [6, 6.07) is 6.28. The smallest absolute Gasteiger partial charge is 0.387 e. The Balaban J connectivity index is 1.61. The number of alkyl halides is 2. The normalized spacial score (nSPS) is 11.2. The van der Waals surface area contributed by atoms with Gasteiger partial charge in [0.05, 0.1) is 5.39 Å². The van der Waals surface area contributed by atoms with E-state index in [1.165, 1.54) is 17.4 Å². The SMILES string of the molecule is Cc1sc2nc(CCC(=O)NCc3ccccc3OC(F)F)[nH]c(=O)c2c1C. The number of hydrogen-bond acceptors (Lipinski definition) is 5. The van der Waals surface area contributed by atoms with Crippen molar-refractivity contribution in [1.29, 1.82) is 0 Å². The number of aromatic amines is 1. The van der Waals surface area contributed by atoms with Crippen LogP contribution in [0.2, 0.25) is 0 Å². The molecule has 0 bridgehead atoms. The van der Waals surface area contributed by atoms with Crippen LogP contribution in [-0.4, -0.2) is 22.5 Å². The van der Waals surface area contributed by atoms with Crippen LogP contribution in [0.4, 0.5) is 8.78 Å². The Bertz CT molecular complexity index is 1060. The zero-order valence-electron chi connectivity index (χ0n) is 15.3. The van der Waals surface area contributed by atoms with E-state index in [2.05, 4.69) is 20.0 Å². The lowest BCUT2D eigenvalue weighted by Gasteiger charge is -2.11. The van der Waals surface area contributed by atoms with E-state index in [1.807, 2.05) is 13.8 Å². The predicted octanol–water partition coefficient (Wildman–Crippen LogP) is 3.45. The third-order valence-electron chi connectivity index (χ3n) is 4.34. The summed E-state index contributed by atoms with van der Waals surface area (Å²) >= 11 is 1.45. The van der Waals surface area contributed by atoms with Gasteiger partial charge in [-0.3, -0.25) is 9.59 Å². The van der Waals surface area contributed by atoms with Crippen LogP contribution in [0.15, 0.2) is 29.1 Å². The molecule has 1 amide bonds. The molecule has 2 aromatic heterocycles. The summed E-state index contributed by atoms with van der Waals surface area (Å²) in [7, 11) is 0. The highest BCUT2D eigenvalue weighted by Crippen LogP contribution is 2.25. The number of rotatable bonds is 7. The number of thiophene rings is 1. The van der Waals surface area contributed by atoms with Crippen molar-refractivity contribution < 1.29 is 18.3 Å². The first-order valence-corrected chi connectivity index (χ1v) is 9.45. The fraction of sp³-hybridized carbons (Fsp3) is 0.316. The molecule has 6 nitrogen and oxygen atoms in total. The van der Waals surface area contributed by atoms with E-state index in [-0.39, 0.29) is 36.6 Å².